The van der Waals surface area contributed by atoms with Gasteiger partial charge in [-0.2, -0.15) is 5.10 Å². The van der Waals surface area contributed by atoms with Crippen LogP contribution in [0.5, 0.6) is 0 Å². The summed E-state index contributed by atoms with van der Waals surface area (Å²) in [6.07, 6.45) is 16.5. The Balaban J connectivity index is 1.15. The van der Waals surface area contributed by atoms with Crippen LogP contribution in [0.1, 0.15) is 58.4 Å². The van der Waals surface area contributed by atoms with Crippen molar-refractivity contribution in [2.45, 2.75) is 64.5 Å². The maximum absolute atomic E-state index is 12.5. The van der Waals surface area contributed by atoms with Crippen LogP contribution in [0.25, 0.3) is 11.1 Å². The van der Waals surface area contributed by atoms with E-state index in [1.165, 1.54) is 16.8 Å². The summed E-state index contributed by atoms with van der Waals surface area (Å²) in [6.45, 7) is 13.1. The Hall–Kier alpha value is -2.64. The van der Waals surface area contributed by atoms with Crippen molar-refractivity contribution in [2.75, 3.05) is 50.8 Å². The van der Waals surface area contributed by atoms with Crippen molar-refractivity contribution in [3.63, 3.8) is 0 Å². The van der Waals surface area contributed by atoms with Gasteiger partial charge in [0.25, 0.3) is 0 Å². The third-order valence-corrected chi connectivity index (χ3v) is 9.26. The molecule has 204 valence electrons. The minimum Gasteiger partial charge on any atom is -0.375 e. The highest BCUT2D eigenvalue weighted by atomic mass is 16.5. The van der Waals surface area contributed by atoms with E-state index in [0.717, 1.165) is 83.5 Å². The zero-order valence-electron chi connectivity index (χ0n) is 23.3. The molecule has 7 nitrogen and oxygen atoms in total. The maximum atomic E-state index is 12.5. The minimum atomic E-state index is -0.0537. The topological polar surface area (TPSA) is 53.3 Å². The van der Waals surface area contributed by atoms with E-state index in [4.69, 9.17) is 4.74 Å². The molecule has 38 heavy (non-hydrogen) atoms. The second-order valence-electron chi connectivity index (χ2n) is 11.8. The fourth-order valence-electron chi connectivity index (χ4n) is 6.73. The van der Waals surface area contributed by atoms with Crippen LogP contribution >= 0.6 is 0 Å². The third kappa shape index (κ3) is 4.91. The van der Waals surface area contributed by atoms with Crippen molar-refractivity contribution >= 4 is 22.7 Å². The monoisotopic (exact) mass is 517 g/mol. The van der Waals surface area contributed by atoms with Crippen molar-refractivity contribution < 1.29 is 9.53 Å². The van der Waals surface area contributed by atoms with Gasteiger partial charge in [-0.05, 0) is 70.6 Å². The largest absolute Gasteiger partial charge is 0.375 e. The number of fused-ring (bicyclic) bond motifs is 1. The second kappa shape index (κ2) is 10.5. The molecular weight excluding hydrogens is 474 g/mol. The maximum Gasteiger partial charge on any atom is 0.225 e. The Morgan fingerprint density at radius 2 is 1.89 bits per heavy atom. The molecule has 1 atom stereocenters. The number of allylic oxidation sites excluding steroid dienone is 3. The van der Waals surface area contributed by atoms with Crippen LogP contribution in [0, 0.1) is 11.8 Å². The molecule has 0 bridgehead atoms. The van der Waals surface area contributed by atoms with Gasteiger partial charge < -0.3 is 19.4 Å². The Kier molecular flexibility index (Phi) is 7.08. The number of carbonyl (C=O) groups is 1. The van der Waals surface area contributed by atoms with Crippen molar-refractivity contribution in [1.29, 1.82) is 0 Å². The molecule has 6 rings (SSSR count). The van der Waals surface area contributed by atoms with E-state index in [9.17, 15) is 4.79 Å². The number of aromatic nitrogens is 2. The lowest BCUT2D eigenvalue weighted by Crippen LogP contribution is -2.51. The Morgan fingerprint density at radius 1 is 1.13 bits per heavy atom. The predicted octanol–water partition coefficient (Wildman–Crippen LogP) is 4.63. The summed E-state index contributed by atoms with van der Waals surface area (Å²) in [6, 6.07) is 4.99. The molecule has 4 heterocycles. The summed E-state index contributed by atoms with van der Waals surface area (Å²) in [5.74, 6) is 1.08. The van der Waals surface area contributed by atoms with Gasteiger partial charge in [-0.25, -0.2) is 4.52 Å². The summed E-state index contributed by atoms with van der Waals surface area (Å²) in [5.41, 5.74) is 4.76. The highest BCUT2D eigenvalue weighted by Crippen LogP contribution is 2.41. The molecule has 0 spiro atoms. The summed E-state index contributed by atoms with van der Waals surface area (Å²) in [7, 11) is 0. The van der Waals surface area contributed by atoms with Crippen molar-refractivity contribution in [1.82, 2.24) is 19.4 Å². The minimum absolute atomic E-state index is 0.0537. The highest BCUT2D eigenvalue weighted by Gasteiger charge is 2.42. The highest BCUT2D eigenvalue weighted by molar-refractivity contribution is 5.83. The van der Waals surface area contributed by atoms with E-state index in [0.29, 0.717) is 23.8 Å². The number of piperidine rings is 1. The van der Waals surface area contributed by atoms with Crippen molar-refractivity contribution in [2.24, 2.45) is 11.8 Å². The molecule has 2 saturated heterocycles. The summed E-state index contributed by atoms with van der Waals surface area (Å²) < 4.78 is 8.51. The van der Waals surface area contributed by atoms with Crippen LogP contribution in [0.3, 0.4) is 0 Å². The Labute approximate surface area is 227 Å². The zero-order valence-corrected chi connectivity index (χ0v) is 23.3. The second-order valence-corrected chi connectivity index (χ2v) is 11.8. The molecule has 1 unspecified atom stereocenters. The molecule has 2 aliphatic carbocycles. The molecule has 0 radical (unpaired) electrons. The van der Waals surface area contributed by atoms with E-state index in [1.807, 2.05) is 10.7 Å². The average Bonchev–Trinajstić information content (AvgIpc) is 3.71. The van der Waals surface area contributed by atoms with E-state index in [1.54, 1.807) is 0 Å². The molecule has 3 fully saturated rings. The molecule has 4 aliphatic rings. The van der Waals surface area contributed by atoms with Gasteiger partial charge >= 0.3 is 0 Å². The molecule has 7 heteroatoms. The molecule has 1 saturated carbocycles. The number of piperazine rings is 1. The Bertz CT molecular complexity index is 1210. The number of amides is 1. The fraction of sp³-hybridized carbons (Fsp3) is 0.613. The van der Waals surface area contributed by atoms with Gasteiger partial charge in [0, 0.05) is 81.7 Å². The molecule has 2 aromatic heterocycles. The lowest BCUT2D eigenvalue weighted by Gasteiger charge is -2.47. The third-order valence-electron chi connectivity index (χ3n) is 9.26. The van der Waals surface area contributed by atoms with Gasteiger partial charge in [0.05, 0.1) is 16.8 Å². The number of likely N-dealkylation sites (tertiary alicyclic amines) is 1. The fourth-order valence-corrected chi connectivity index (χ4v) is 6.73. The van der Waals surface area contributed by atoms with Gasteiger partial charge in [0.1, 0.15) is 0 Å². The van der Waals surface area contributed by atoms with Gasteiger partial charge in [0.15, 0.2) is 0 Å². The van der Waals surface area contributed by atoms with Crippen molar-refractivity contribution in [3.05, 3.63) is 48.3 Å². The van der Waals surface area contributed by atoms with E-state index < -0.39 is 0 Å². The summed E-state index contributed by atoms with van der Waals surface area (Å²) in [4.78, 5) is 19.5. The normalized spacial score (nSPS) is 24.3. The molecule has 0 N–H and O–H groups in total. The number of anilines is 1. The first kappa shape index (κ1) is 25.6. The number of carbonyl (C=O) groups excluding carboxylic acids is 1. The molecular formula is C31H43N5O2. The zero-order chi connectivity index (χ0) is 26.3. The van der Waals surface area contributed by atoms with Gasteiger partial charge in [-0.3, -0.25) is 4.79 Å². The standard InChI is InChI=1S/C31H43N5O2/c1-4-38-31(12-15-33(16-13-31)23(2)3)27-9-7-24(8-10-27)26-21-29-28(11-14-32-36(29)22-26)34-17-19-35(20-18-34)30(37)25-5-6-25/h7-9,11,14,21-23,25,27H,4-6,10,12-13,15-20H2,1-3H3. The quantitative estimate of drug-likeness (QED) is 0.536. The predicted molar refractivity (Wildman–Crippen MR) is 152 cm³/mol. The van der Waals surface area contributed by atoms with E-state index in [-0.39, 0.29) is 5.60 Å². The molecule has 0 aromatic carbocycles. The Morgan fingerprint density at radius 3 is 2.53 bits per heavy atom. The van der Waals surface area contributed by atoms with Crippen LogP contribution < -0.4 is 4.90 Å². The van der Waals surface area contributed by atoms with Gasteiger partial charge in [-0.15, -0.1) is 0 Å². The van der Waals surface area contributed by atoms with E-state index in [2.05, 4.69) is 77.1 Å². The van der Waals surface area contributed by atoms with Crippen LogP contribution in [0.2, 0.25) is 0 Å². The van der Waals surface area contributed by atoms with Crippen LogP contribution in [0.15, 0.2) is 42.8 Å². The first-order valence-corrected chi connectivity index (χ1v) is 14.8. The number of rotatable bonds is 7. The number of nitrogens with zero attached hydrogens (tertiary/aromatic N) is 5. The van der Waals surface area contributed by atoms with Crippen LogP contribution in [0.4, 0.5) is 5.69 Å². The van der Waals surface area contributed by atoms with Crippen molar-refractivity contribution in [3.8, 4) is 0 Å². The van der Waals surface area contributed by atoms with E-state index >= 15 is 0 Å². The first-order valence-electron chi connectivity index (χ1n) is 14.8. The lowest BCUT2D eigenvalue weighted by atomic mass is 9.75. The smallest absolute Gasteiger partial charge is 0.225 e. The summed E-state index contributed by atoms with van der Waals surface area (Å²) >= 11 is 0. The average molecular weight is 518 g/mol. The lowest BCUT2D eigenvalue weighted by molar-refractivity contribution is -0.132. The molecule has 1 amide bonds. The molecule has 2 aliphatic heterocycles. The SMILES string of the molecule is CCOC1(C2C=CC(c3cc4c(N5CCN(C(=O)C6CC6)CC5)ccnn4c3)=CC2)CCN(C(C)C)CC1. The van der Waals surface area contributed by atoms with Crippen LogP contribution in [-0.2, 0) is 9.53 Å². The summed E-state index contributed by atoms with van der Waals surface area (Å²) in [5, 5.41) is 4.62. The van der Waals surface area contributed by atoms with Crippen LogP contribution in [-0.4, -0.2) is 82.8 Å². The van der Waals surface area contributed by atoms with Gasteiger partial charge in [0.2, 0.25) is 5.91 Å². The number of hydrogen-bond donors (Lipinski definition) is 0. The number of ether oxygens (including phenoxy) is 1. The number of hydrogen-bond acceptors (Lipinski definition) is 5. The first-order chi connectivity index (χ1) is 18.5. The van der Waals surface area contributed by atoms with Gasteiger partial charge in [-0.1, -0.05) is 18.2 Å². The molecule has 2 aromatic rings.